The fourth-order valence-corrected chi connectivity index (χ4v) is 7.56. The van der Waals surface area contributed by atoms with Crippen molar-refractivity contribution in [3.63, 3.8) is 0 Å². The third-order valence-corrected chi connectivity index (χ3v) is 9.19. The molecule has 0 amide bonds. The maximum atomic E-state index is 5.31. The van der Waals surface area contributed by atoms with Crippen molar-refractivity contribution in [1.29, 1.82) is 0 Å². The third-order valence-electron chi connectivity index (χ3n) is 7.99. The van der Waals surface area contributed by atoms with Crippen LogP contribution in [0.5, 0.6) is 0 Å². The first-order chi connectivity index (χ1) is 19.9. The van der Waals surface area contributed by atoms with E-state index < -0.39 is 0 Å². The molecule has 3 aromatic heterocycles. The predicted octanol–water partition coefficient (Wildman–Crippen LogP) is 9.91. The number of hydrogen-bond donors (Lipinski definition) is 0. The molecule has 6 aromatic carbocycles. The summed E-state index contributed by atoms with van der Waals surface area (Å²) in [6.45, 7) is 0. The number of thiophene rings is 1. The van der Waals surface area contributed by atoms with Gasteiger partial charge >= 0.3 is 0 Å². The molecular formula is C36H21N3S. The zero-order chi connectivity index (χ0) is 26.2. The van der Waals surface area contributed by atoms with Gasteiger partial charge in [-0.25, -0.2) is 9.97 Å². The van der Waals surface area contributed by atoms with Gasteiger partial charge < -0.3 is 0 Å². The summed E-state index contributed by atoms with van der Waals surface area (Å²) < 4.78 is 4.93. The molecule has 0 atom stereocenters. The van der Waals surface area contributed by atoms with E-state index in [-0.39, 0.29) is 0 Å². The minimum atomic E-state index is 0.688. The Hall–Kier alpha value is -5.06. The zero-order valence-corrected chi connectivity index (χ0v) is 22.2. The molecule has 9 aromatic rings. The lowest BCUT2D eigenvalue weighted by atomic mass is 10.00. The quantitative estimate of drug-likeness (QED) is 0.224. The Bertz CT molecular complexity index is 2430. The fraction of sp³-hybridized carbons (Fsp3) is 0. The SMILES string of the molecule is c1ccc(-c2nc(-n3c4ccccc4c4c5c6ccccc6sc5c5ccccc5c43)nc3ccccc23)cc1. The highest BCUT2D eigenvalue weighted by Crippen LogP contribution is 2.47. The van der Waals surface area contributed by atoms with Gasteiger partial charge in [0.05, 0.1) is 22.2 Å². The van der Waals surface area contributed by atoms with Crippen LogP contribution in [0.2, 0.25) is 0 Å². The summed E-state index contributed by atoms with van der Waals surface area (Å²) in [5, 5.41) is 8.62. The third kappa shape index (κ3) is 2.94. The second kappa shape index (κ2) is 8.22. The second-order valence-electron chi connectivity index (χ2n) is 10.2. The van der Waals surface area contributed by atoms with Crippen LogP contribution in [-0.2, 0) is 0 Å². The molecule has 0 aliphatic carbocycles. The molecule has 0 N–H and O–H groups in total. The van der Waals surface area contributed by atoms with E-state index >= 15 is 0 Å². The largest absolute Gasteiger partial charge is 0.277 e. The van der Waals surface area contributed by atoms with Gasteiger partial charge in [-0.15, -0.1) is 11.3 Å². The lowest BCUT2D eigenvalue weighted by Crippen LogP contribution is -2.03. The molecule has 0 aliphatic rings. The van der Waals surface area contributed by atoms with Crippen LogP contribution >= 0.6 is 11.3 Å². The van der Waals surface area contributed by atoms with Crippen molar-refractivity contribution in [2.24, 2.45) is 0 Å². The lowest BCUT2D eigenvalue weighted by Gasteiger charge is -2.13. The number of para-hydroxylation sites is 2. The monoisotopic (exact) mass is 527 g/mol. The van der Waals surface area contributed by atoms with Gasteiger partial charge in [-0.05, 0) is 18.2 Å². The second-order valence-corrected chi connectivity index (χ2v) is 11.2. The van der Waals surface area contributed by atoms with Gasteiger partial charge in [-0.3, -0.25) is 4.57 Å². The van der Waals surface area contributed by atoms with Crippen LogP contribution in [0, 0.1) is 0 Å². The molecule has 0 saturated carbocycles. The molecule has 0 saturated heterocycles. The number of rotatable bonds is 2. The smallest absolute Gasteiger partial charge is 0.235 e. The molecule has 4 heteroatoms. The van der Waals surface area contributed by atoms with Crippen molar-refractivity contribution in [2.45, 2.75) is 0 Å². The summed E-state index contributed by atoms with van der Waals surface area (Å²) in [6.07, 6.45) is 0. The van der Waals surface area contributed by atoms with E-state index in [0.717, 1.165) is 33.2 Å². The molecular weight excluding hydrogens is 506 g/mol. The van der Waals surface area contributed by atoms with Gasteiger partial charge in [0.25, 0.3) is 0 Å². The molecule has 40 heavy (non-hydrogen) atoms. The van der Waals surface area contributed by atoms with Crippen LogP contribution < -0.4 is 0 Å². The Morgan fingerprint density at radius 1 is 0.500 bits per heavy atom. The van der Waals surface area contributed by atoms with Crippen LogP contribution in [0.3, 0.4) is 0 Å². The number of fused-ring (bicyclic) bond motifs is 11. The van der Waals surface area contributed by atoms with E-state index in [1.807, 2.05) is 17.4 Å². The Morgan fingerprint density at radius 2 is 1.15 bits per heavy atom. The van der Waals surface area contributed by atoms with Crippen molar-refractivity contribution in [3.8, 4) is 17.2 Å². The number of benzene rings is 6. The van der Waals surface area contributed by atoms with Gasteiger partial charge in [0, 0.05) is 52.7 Å². The molecule has 9 rings (SSSR count). The van der Waals surface area contributed by atoms with E-state index in [1.165, 1.54) is 41.7 Å². The van der Waals surface area contributed by atoms with Crippen LogP contribution in [0.1, 0.15) is 0 Å². The summed E-state index contributed by atoms with van der Waals surface area (Å²) >= 11 is 1.88. The number of nitrogens with zero attached hydrogens (tertiary/aromatic N) is 3. The van der Waals surface area contributed by atoms with Crippen molar-refractivity contribution in [2.75, 3.05) is 0 Å². The van der Waals surface area contributed by atoms with Gasteiger partial charge in [0.1, 0.15) is 0 Å². The Labute approximate surface area is 233 Å². The molecule has 0 aliphatic heterocycles. The van der Waals surface area contributed by atoms with Crippen LogP contribution in [-0.4, -0.2) is 14.5 Å². The first-order valence-electron chi connectivity index (χ1n) is 13.4. The van der Waals surface area contributed by atoms with Crippen LogP contribution in [0.15, 0.2) is 127 Å². The normalized spacial score (nSPS) is 12.0. The number of aromatic nitrogens is 3. The van der Waals surface area contributed by atoms with Crippen LogP contribution in [0.25, 0.3) is 80.9 Å². The molecule has 0 unspecified atom stereocenters. The molecule has 0 radical (unpaired) electrons. The average molecular weight is 528 g/mol. The first-order valence-corrected chi connectivity index (χ1v) is 14.3. The van der Waals surface area contributed by atoms with Gasteiger partial charge in [-0.2, -0.15) is 0 Å². The molecule has 0 spiro atoms. The summed E-state index contributed by atoms with van der Waals surface area (Å²) in [7, 11) is 0. The topological polar surface area (TPSA) is 30.7 Å². The Morgan fingerprint density at radius 3 is 2.00 bits per heavy atom. The average Bonchev–Trinajstić information content (AvgIpc) is 3.58. The van der Waals surface area contributed by atoms with E-state index in [2.05, 4.69) is 126 Å². The first kappa shape index (κ1) is 21.8. The predicted molar refractivity (Wildman–Crippen MR) is 170 cm³/mol. The molecule has 186 valence electrons. The number of hydrogen-bond acceptors (Lipinski definition) is 3. The zero-order valence-electron chi connectivity index (χ0n) is 21.4. The highest BCUT2D eigenvalue weighted by Gasteiger charge is 2.23. The van der Waals surface area contributed by atoms with Gasteiger partial charge in [-0.1, -0.05) is 109 Å². The molecule has 0 bridgehead atoms. The maximum absolute atomic E-state index is 5.31. The molecule has 0 fully saturated rings. The van der Waals surface area contributed by atoms with Crippen molar-refractivity contribution in [3.05, 3.63) is 127 Å². The summed E-state index contributed by atoms with van der Waals surface area (Å²) in [4.78, 5) is 10.5. The minimum Gasteiger partial charge on any atom is -0.277 e. The Balaban J connectivity index is 1.54. The van der Waals surface area contributed by atoms with E-state index in [0.29, 0.717) is 5.95 Å². The lowest BCUT2D eigenvalue weighted by molar-refractivity contribution is 1.02. The summed E-state index contributed by atoms with van der Waals surface area (Å²) in [5.41, 5.74) is 5.23. The minimum absolute atomic E-state index is 0.688. The van der Waals surface area contributed by atoms with Gasteiger partial charge in [0.2, 0.25) is 5.95 Å². The van der Waals surface area contributed by atoms with E-state index in [9.17, 15) is 0 Å². The summed E-state index contributed by atoms with van der Waals surface area (Å²) in [6, 6.07) is 45.0. The van der Waals surface area contributed by atoms with Crippen molar-refractivity contribution >= 4 is 75.0 Å². The van der Waals surface area contributed by atoms with E-state index in [4.69, 9.17) is 9.97 Å². The maximum Gasteiger partial charge on any atom is 0.235 e. The highest BCUT2D eigenvalue weighted by atomic mass is 32.1. The highest BCUT2D eigenvalue weighted by molar-refractivity contribution is 7.27. The van der Waals surface area contributed by atoms with E-state index in [1.54, 1.807) is 0 Å². The van der Waals surface area contributed by atoms with Crippen molar-refractivity contribution < 1.29 is 0 Å². The Kier molecular flexibility index (Phi) is 4.48. The molecule has 3 heterocycles. The fourth-order valence-electron chi connectivity index (χ4n) is 6.31. The van der Waals surface area contributed by atoms with Gasteiger partial charge in [0.15, 0.2) is 0 Å². The molecule has 3 nitrogen and oxygen atoms in total. The van der Waals surface area contributed by atoms with Crippen molar-refractivity contribution in [1.82, 2.24) is 14.5 Å². The standard InChI is InChI=1S/C36H21N3S/c1-2-12-22(13-3-1)33-25-16-6-9-19-28(25)37-36(38-33)39-29-20-10-7-17-26(29)31-32-27-18-8-11-21-30(27)40-35(32)24-15-5-4-14-23(24)34(31)39/h1-21H. The summed E-state index contributed by atoms with van der Waals surface area (Å²) in [5.74, 6) is 0.688. The van der Waals surface area contributed by atoms with Crippen LogP contribution in [0.4, 0.5) is 0 Å².